The molecule has 0 atom stereocenters. The maximum absolute atomic E-state index is 7.68. The van der Waals surface area contributed by atoms with Gasteiger partial charge in [0.2, 0.25) is 0 Å². The number of anilines is 1. The van der Waals surface area contributed by atoms with Gasteiger partial charge in [-0.2, -0.15) is 0 Å². The quantitative estimate of drug-likeness (QED) is 0.671. The minimum Gasteiger partial charge on any atom is -0.384 e. The molecule has 0 saturated carbocycles. The number of nitrogens with one attached hydrogen (secondary N) is 1. The average molecular weight is 318 g/mol. The fourth-order valence-corrected chi connectivity index (χ4v) is 2.36. The summed E-state index contributed by atoms with van der Waals surface area (Å²) in [5, 5.41) is 7.68. The maximum atomic E-state index is 7.68. The van der Waals surface area contributed by atoms with E-state index in [4.69, 9.17) is 11.1 Å². The molecule has 2 aromatic carbocycles. The van der Waals surface area contributed by atoms with Crippen LogP contribution in [0.1, 0.15) is 11.1 Å². The second-order valence-electron chi connectivity index (χ2n) is 4.42. The monoisotopic (exact) mass is 317 g/mol. The normalized spacial score (nSPS) is 10.2. The number of nitrogen functional groups attached to an aromatic ring is 1. The molecule has 3 nitrogen and oxygen atoms in total. The fourth-order valence-electron chi connectivity index (χ4n) is 2.00. The van der Waals surface area contributed by atoms with E-state index in [9.17, 15) is 0 Å². The van der Waals surface area contributed by atoms with Crippen LogP contribution in [0.3, 0.4) is 0 Å². The summed E-state index contributed by atoms with van der Waals surface area (Å²) in [6.07, 6.45) is 0. The fraction of sp³-hybridized carbons (Fsp3) is 0.133. The molecular weight excluding hydrogens is 302 g/mol. The Labute approximate surface area is 121 Å². The molecule has 0 aromatic heterocycles. The van der Waals surface area contributed by atoms with Crippen LogP contribution in [0.2, 0.25) is 0 Å². The van der Waals surface area contributed by atoms with Crippen LogP contribution in [0.15, 0.2) is 53.0 Å². The molecule has 0 aliphatic carbocycles. The van der Waals surface area contributed by atoms with Crippen LogP contribution in [0, 0.1) is 5.41 Å². The van der Waals surface area contributed by atoms with Gasteiger partial charge in [-0.05, 0) is 23.8 Å². The van der Waals surface area contributed by atoms with Crippen LogP contribution in [0.5, 0.6) is 0 Å². The largest absolute Gasteiger partial charge is 0.384 e. The van der Waals surface area contributed by atoms with E-state index in [0.29, 0.717) is 0 Å². The number of nitrogens with two attached hydrogens (primary N) is 1. The van der Waals surface area contributed by atoms with Gasteiger partial charge in [0.15, 0.2) is 0 Å². The number of rotatable bonds is 4. The van der Waals surface area contributed by atoms with E-state index in [1.807, 2.05) is 43.4 Å². The molecule has 4 heteroatoms. The lowest BCUT2D eigenvalue weighted by Gasteiger charge is -2.22. The lowest BCUT2D eigenvalue weighted by Crippen LogP contribution is -2.22. The highest BCUT2D eigenvalue weighted by atomic mass is 79.9. The smallest absolute Gasteiger partial charge is 0.124 e. The summed E-state index contributed by atoms with van der Waals surface area (Å²) in [7, 11) is 2.00. The van der Waals surface area contributed by atoms with Crippen LogP contribution in [0.4, 0.5) is 5.69 Å². The maximum Gasteiger partial charge on any atom is 0.124 e. The van der Waals surface area contributed by atoms with Gasteiger partial charge in [0.25, 0.3) is 0 Å². The van der Waals surface area contributed by atoms with Crippen LogP contribution < -0.4 is 10.6 Å². The first-order valence-electron chi connectivity index (χ1n) is 5.97. The molecule has 0 spiro atoms. The van der Waals surface area contributed by atoms with Crippen LogP contribution >= 0.6 is 15.9 Å². The summed E-state index contributed by atoms with van der Waals surface area (Å²) in [4.78, 5) is 2.10. The Bertz CT molecular complexity index is 581. The first-order chi connectivity index (χ1) is 9.08. The molecule has 0 radical (unpaired) electrons. The summed E-state index contributed by atoms with van der Waals surface area (Å²) in [5.74, 6) is 0.0798. The Morgan fingerprint density at radius 2 is 1.89 bits per heavy atom. The van der Waals surface area contributed by atoms with Gasteiger partial charge in [0, 0.05) is 29.3 Å². The highest BCUT2D eigenvalue weighted by Crippen LogP contribution is 2.24. The number of benzene rings is 2. The van der Waals surface area contributed by atoms with Gasteiger partial charge >= 0.3 is 0 Å². The summed E-state index contributed by atoms with van der Waals surface area (Å²) in [6.45, 7) is 0.781. The number of amidine groups is 1. The van der Waals surface area contributed by atoms with Crippen molar-refractivity contribution >= 4 is 27.5 Å². The summed E-state index contributed by atoms with van der Waals surface area (Å²) < 4.78 is 0.926. The Morgan fingerprint density at radius 1 is 1.21 bits per heavy atom. The predicted octanol–water partition coefficient (Wildman–Crippen LogP) is 3.37. The minimum absolute atomic E-state index is 0.0798. The van der Waals surface area contributed by atoms with Gasteiger partial charge in [0.1, 0.15) is 5.84 Å². The Kier molecular flexibility index (Phi) is 4.22. The van der Waals surface area contributed by atoms with Crippen molar-refractivity contribution in [3.05, 3.63) is 64.1 Å². The molecule has 0 amide bonds. The van der Waals surface area contributed by atoms with Crippen molar-refractivity contribution in [1.82, 2.24) is 0 Å². The predicted molar refractivity (Wildman–Crippen MR) is 83.7 cm³/mol. The topological polar surface area (TPSA) is 53.1 Å². The Morgan fingerprint density at radius 3 is 2.53 bits per heavy atom. The minimum atomic E-state index is 0.0798. The van der Waals surface area contributed by atoms with Crippen molar-refractivity contribution in [3.8, 4) is 0 Å². The second kappa shape index (κ2) is 5.89. The van der Waals surface area contributed by atoms with Crippen molar-refractivity contribution in [2.45, 2.75) is 6.54 Å². The summed E-state index contributed by atoms with van der Waals surface area (Å²) >= 11 is 3.41. The Hall–Kier alpha value is -1.81. The third-order valence-corrected chi connectivity index (χ3v) is 3.42. The van der Waals surface area contributed by atoms with Crippen LogP contribution in [0.25, 0.3) is 0 Å². The lowest BCUT2D eigenvalue weighted by molar-refractivity contribution is 0.921. The van der Waals surface area contributed by atoms with Gasteiger partial charge in [-0.25, -0.2) is 0 Å². The molecule has 0 aliphatic rings. The van der Waals surface area contributed by atoms with E-state index in [0.717, 1.165) is 22.3 Å². The molecule has 0 aliphatic heterocycles. The molecule has 2 aromatic rings. The number of hydrogen-bond donors (Lipinski definition) is 2. The zero-order valence-electron chi connectivity index (χ0n) is 10.7. The van der Waals surface area contributed by atoms with Gasteiger partial charge in [-0.1, -0.05) is 46.3 Å². The van der Waals surface area contributed by atoms with E-state index < -0.39 is 0 Å². The van der Waals surface area contributed by atoms with E-state index in [1.165, 1.54) is 5.56 Å². The zero-order chi connectivity index (χ0) is 13.8. The van der Waals surface area contributed by atoms with Crippen molar-refractivity contribution in [2.75, 3.05) is 11.9 Å². The van der Waals surface area contributed by atoms with Gasteiger partial charge < -0.3 is 10.6 Å². The van der Waals surface area contributed by atoms with Gasteiger partial charge in [-0.3, -0.25) is 5.41 Å². The Balaban J connectivity index is 2.28. The van der Waals surface area contributed by atoms with Crippen LogP contribution in [-0.2, 0) is 6.54 Å². The molecule has 0 saturated heterocycles. The highest BCUT2D eigenvalue weighted by molar-refractivity contribution is 9.10. The molecule has 2 rings (SSSR count). The molecule has 0 bridgehead atoms. The van der Waals surface area contributed by atoms with Crippen molar-refractivity contribution in [2.24, 2.45) is 5.73 Å². The van der Waals surface area contributed by atoms with E-state index in [-0.39, 0.29) is 5.84 Å². The molecule has 19 heavy (non-hydrogen) atoms. The van der Waals surface area contributed by atoms with E-state index >= 15 is 0 Å². The molecule has 0 fully saturated rings. The third-order valence-electron chi connectivity index (χ3n) is 2.92. The average Bonchev–Trinajstić information content (AvgIpc) is 2.39. The van der Waals surface area contributed by atoms with E-state index in [2.05, 4.69) is 33.0 Å². The van der Waals surface area contributed by atoms with Crippen molar-refractivity contribution in [1.29, 1.82) is 5.41 Å². The first kappa shape index (κ1) is 13.6. The standard InChI is InChI=1S/C15H16BrN3/c1-19(10-11-5-3-2-4-6-11)14-8-7-12(16)9-13(14)15(17)18/h2-9H,10H2,1H3,(H3,17,18). The number of halogens is 1. The van der Waals surface area contributed by atoms with Crippen molar-refractivity contribution in [3.63, 3.8) is 0 Å². The third kappa shape index (κ3) is 3.35. The van der Waals surface area contributed by atoms with Gasteiger partial charge in [-0.15, -0.1) is 0 Å². The molecular formula is C15H16BrN3. The van der Waals surface area contributed by atoms with Gasteiger partial charge in [0.05, 0.1) is 0 Å². The molecule has 3 N–H and O–H groups in total. The first-order valence-corrected chi connectivity index (χ1v) is 6.76. The summed E-state index contributed by atoms with van der Waals surface area (Å²) in [6, 6.07) is 16.0. The second-order valence-corrected chi connectivity index (χ2v) is 5.33. The number of nitrogens with zero attached hydrogens (tertiary/aromatic N) is 1. The van der Waals surface area contributed by atoms with Crippen molar-refractivity contribution < 1.29 is 0 Å². The van der Waals surface area contributed by atoms with Crippen LogP contribution in [-0.4, -0.2) is 12.9 Å². The molecule has 0 heterocycles. The molecule has 98 valence electrons. The summed E-state index contributed by atoms with van der Waals surface area (Å²) in [5.41, 5.74) is 8.58. The lowest BCUT2D eigenvalue weighted by atomic mass is 10.1. The molecule has 0 unspecified atom stereocenters. The highest BCUT2D eigenvalue weighted by Gasteiger charge is 2.10. The zero-order valence-corrected chi connectivity index (χ0v) is 12.3. The number of hydrogen-bond acceptors (Lipinski definition) is 2. The van der Waals surface area contributed by atoms with E-state index in [1.54, 1.807) is 0 Å². The SMILES string of the molecule is CN(Cc1ccccc1)c1ccc(Br)cc1C(=N)N.